The number of ether oxygens (including phenoxy) is 5. The molecule has 0 aliphatic carbocycles. The Hall–Kier alpha value is -4.51. The number of aromatic nitrogens is 1. The number of fused-ring (bicyclic) bond motifs is 1. The minimum atomic E-state index is -1.17. The summed E-state index contributed by atoms with van der Waals surface area (Å²) in [6.07, 6.45) is 1.62. The van der Waals surface area contributed by atoms with Gasteiger partial charge in [-0.1, -0.05) is 35.9 Å². The minimum Gasteiger partial charge on any atom is -0.488 e. The maximum absolute atomic E-state index is 11.4. The number of aliphatic hydroxyl groups excluding tert-OH is 1. The number of aliphatic hydroxyl groups is 1. The third kappa shape index (κ3) is 7.34. The molecule has 1 unspecified atom stereocenters. The highest BCUT2D eigenvalue weighted by molar-refractivity contribution is 6.32. The zero-order valence-corrected chi connectivity index (χ0v) is 25.1. The molecule has 0 amide bonds. The first-order valence-electron chi connectivity index (χ1n) is 14.0. The molecule has 0 spiro atoms. The van der Waals surface area contributed by atoms with Crippen LogP contribution in [-0.2, 0) is 24.6 Å². The van der Waals surface area contributed by atoms with E-state index in [1.165, 1.54) is 7.11 Å². The average molecular weight is 621 g/mol. The minimum absolute atomic E-state index is 0.0865. The first kappa shape index (κ1) is 30.9. The van der Waals surface area contributed by atoms with Crippen molar-refractivity contribution >= 4 is 17.6 Å². The molecule has 0 saturated heterocycles. The number of hydrogen-bond acceptors (Lipinski definition) is 9. The number of benzene rings is 3. The van der Waals surface area contributed by atoms with Crippen molar-refractivity contribution in [3.05, 3.63) is 94.1 Å². The number of halogens is 1. The summed E-state index contributed by atoms with van der Waals surface area (Å²) in [7, 11) is 1.53. The number of carbonyl (C=O) groups is 1. The summed E-state index contributed by atoms with van der Waals surface area (Å²) in [6.45, 7) is 3.04. The van der Waals surface area contributed by atoms with E-state index in [1.54, 1.807) is 30.5 Å². The van der Waals surface area contributed by atoms with E-state index in [0.717, 1.165) is 39.3 Å². The van der Waals surface area contributed by atoms with Crippen LogP contribution in [0.1, 0.15) is 22.3 Å². The summed E-state index contributed by atoms with van der Waals surface area (Å²) >= 11 is 6.65. The monoisotopic (exact) mass is 620 g/mol. The zero-order chi connectivity index (χ0) is 31.1. The molecule has 5 rings (SSSR count). The van der Waals surface area contributed by atoms with Gasteiger partial charge in [-0.3, -0.25) is 10.1 Å². The van der Waals surface area contributed by atoms with E-state index in [0.29, 0.717) is 41.2 Å². The van der Waals surface area contributed by atoms with Crippen molar-refractivity contribution in [2.24, 2.45) is 0 Å². The third-order valence-corrected chi connectivity index (χ3v) is 7.52. The highest BCUT2D eigenvalue weighted by Crippen LogP contribution is 2.37. The number of carboxylic acids is 1. The summed E-state index contributed by atoms with van der Waals surface area (Å²) in [5.41, 5.74) is 5.49. The lowest BCUT2D eigenvalue weighted by atomic mass is 9.96. The molecule has 3 aromatic carbocycles. The SMILES string of the molecule is COc1cc(COc2cc(OCc3cccc(-c4ccc5c(c4)OCCO5)c3C)c(Cl)cc2CNC(CO)C(=O)O)ccn1. The molecule has 0 fully saturated rings. The van der Waals surface area contributed by atoms with Gasteiger partial charge in [0, 0.05) is 30.4 Å². The van der Waals surface area contributed by atoms with Gasteiger partial charge in [-0.2, -0.15) is 0 Å². The van der Waals surface area contributed by atoms with Crippen LogP contribution in [0.3, 0.4) is 0 Å². The van der Waals surface area contributed by atoms with Crippen molar-refractivity contribution in [3.63, 3.8) is 0 Å². The first-order chi connectivity index (χ1) is 21.4. The number of aliphatic carboxylic acids is 1. The van der Waals surface area contributed by atoms with Crippen LogP contribution in [0.15, 0.2) is 66.9 Å². The second-order valence-electron chi connectivity index (χ2n) is 10.1. The Morgan fingerprint density at radius 1 is 1.00 bits per heavy atom. The van der Waals surface area contributed by atoms with Crippen LogP contribution in [0.4, 0.5) is 0 Å². The molecule has 10 nitrogen and oxygen atoms in total. The van der Waals surface area contributed by atoms with Crippen molar-refractivity contribution in [2.75, 3.05) is 26.9 Å². The van der Waals surface area contributed by atoms with E-state index < -0.39 is 18.6 Å². The quantitative estimate of drug-likeness (QED) is 0.184. The van der Waals surface area contributed by atoms with Gasteiger partial charge < -0.3 is 33.9 Å². The van der Waals surface area contributed by atoms with E-state index in [9.17, 15) is 15.0 Å². The Kier molecular flexibility index (Phi) is 10.1. The van der Waals surface area contributed by atoms with E-state index in [-0.39, 0.29) is 19.8 Å². The molecule has 1 aromatic heterocycles. The molecule has 1 atom stereocenters. The Morgan fingerprint density at radius 2 is 1.80 bits per heavy atom. The predicted molar refractivity (Wildman–Crippen MR) is 164 cm³/mol. The second-order valence-corrected chi connectivity index (χ2v) is 10.5. The Balaban J connectivity index is 1.37. The number of carboxylic acid groups (broad SMARTS) is 1. The van der Waals surface area contributed by atoms with Crippen LogP contribution in [0.25, 0.3) is 11.1 Å². The molecule has 230 valence electrons. The summed E-state index contributed by atoms with van der Waals surface area (Å²) < 4.78 is 29.0. The second kappa shape index (κ2) is 14.3. The number of pyridine rings is 1. The summed E-state index contributed by atoms with van der Waals surface area (Å²) in [5, 5.41) is 21.9. The molecule has 11 heteroatoms. The standard InChI is InChI=1S/C33H33ClN2O8/c1-20-23(4-3-5-25(20)22-6-7-28-31(14-22)42-11-10-41-28)19-44-30-15-29(43-18-21-8-9-35-32(12-21)40-2)24(13-26(30)34)16-36-27(17-37)33(38)39/h3-9,12-15,27,36-37H,10-11,16-19H2,1-2H3,(H,38,39). The topological polar surface area (TPSA) is 129 Å². The van der Waals surface area contributed by atoms with Crippen molar-refractivity contribution in [1.82, 2.24) is 10.3 Å². The molecule has 1 aliphatic rings. The van der Waals surface area contributed by atoms with Crippen LogP contribution in [-0.4, -0.2) is 54.1 Å². The van der Waals surface area contributed by atoms with Gasteiger partial charge >= 0.3 is 5.97 Å². The molecular formula is C33H33ClN2O8. The first-order valence-corrected chi connectivity index (χ1v) is 14.4. The van der Waals surface area contributed by atoms with Crippen LogP contribution >= 0.6 is 11.6 Å². The normalized spacial score (nSPS) is 12.8. The lowest BCUT2D eigenvalue weighted by molar-refractivity contribution is -0.140. The molecule has 0 radical (unpaired) electrons. The van der Waals surface area contributed by atoms with Gasteiger partial charge in [0.1, 0.15) is 44.0 Å². The van der Waals surface area contributed by atoms with E-state index >= 15 is 0 Å². The summed E-state index contributed by atoms with van der Waals surface area (Å²) in [6, 6.07) is 17.7. The number of hydrogen-bond donors (Lipinski definition) is 3. The Bertz CT molecular complexity index is 1630. The lowest BCUT2D eigenvalue weighted by Crippen LogP contribution is -2.39. The Labute approximate surface area is 260 Å². The highest BCUT2D eigenvalue weighted by Gasteiger charge is 2.19. The molecular weight excluding hydrogens is 588 g/mol. The average Bonchev–Trinajstić information content (AvgIpc) is 3.04. The van der Waals surface area contributed by atoms with Crippen LogP contribution in [0.5, 0.6) is 28.9 Å². The van der Waals surface area contributed by atoms with E-state index in [2.05, 4.69) is 16.4 Å². The van der Waals surface area contributed by atoms with Gasteiger partial charge in [0.15, 0.2) is 11.5 Å². The van der Waals surface area contributed by atoms with Crippen molar-refractivity contribution in [2.45, 2.75) is 32.7 Å². The van der Waals surface area contributed by atoms with Crippen LogP contribution in [0, 0.1) is 6.92 Å². The van der Waals surface area contributed by atoms with Gasteiger partial charge in [-0.25, -0.2) is 4.98 Å². The Morgan fingerprint density at radius 3 is 2.57 bits per heavy atom. The molecule has 1 aliphatic heterocycles. The highest BCUT2D eigenvalue weighted by atomic mass is 35.5. The van der Waals surface area contributed by atoms with Crippen molar-refractivity contribution < 1.29 is 38.7 Å². The summed E-state index contributed by atoms with van der Waals surface area (Å²) in [5.74, 6) is 1.59. The fourth-order valence-corrected chi connectivity index (χ4v) is 4.99. The predicted octanol–water partition coefficient (Wildman–Crippen LogP) is 5.18. The zero-order valence-electron chi connectivity index (χ0n) is 24.3. The lowest BCUT2D eigenvalue weighted by Gasteiger charge is -2.20. The maximum Gasteiger partial charge on any atom is 0.323 e. The molecule has 0 saturated carbocycles. The maximum atomic E-state index is 11.4. The number of methoxy groups -OCH3 is 1. The smallest absolute Gasteiger partial charge is 0.323 e. The van der Waals surface area contributed by atoms with Gasteiger partial charge in [-0.05, 0) is 59.0 Å². The van der Waals surface area contributed by atoms with Gasteiger partial charge in [0.2, 0.25) is 5.88 Å². The number of nitrogens with zero attached hydrogens (tertiary/aromatic N) is 1. The van der Waals surface area contributed by atoms with E-state index in [1.807, 2.05) is 37.3 Å². The number of rotatable bonds is 13. The van der Waals surface area contributed by atoms with Gasteiger partial charge in [0.25, 0.3) is 0 Å². The fraction of sp³-hybridized carbons (Fsp3) is 0.273. The van der Waals surface area contributed by atoms with Crippen molar-refractivity contribution in [3.8, 4) is 40.0 Å². The fourth-order valence-electron chi connectivity index (χ4n) is 4.75. The van der Waals surface area contributed by atoms with Crippen molar-refractivity contribution in [1.29, 1.82) is 0 Å². The largest absolute Gasteiger partial charge is 0.488 e. The van der Waals surface area contributed by atoms with Crippen LogP contribution < -0.4 is 29.0 Å². The van der Waals surface area contributed by atoms with Crippen LogP contribution in [0.2, 0.25) is 5.02 Å². The van der Waals surface area contributed by atoms with E-state index in [4.69, 9.17) is 35.3 Å². The summed E-state index contributed by atoms with van der Waals surface area (Å²) in [4.78, 5) is 15.5. The molecule has 3 N–H and O–H groups in total. The molecule has 4 aromatic rings. The number of nitrogens with one attached hydrogen (secondary N) is 1. The molecule has 0 bridgehead atoms. The molecule has 2 heterocycles. The van der Waals surface area contributed by atoms with Gasteiger partial charge in [-0.15, -0.1) is 0 Å². The molecule has 44 heavy (non-hydrogen) atoms. The third-order valence-electron chi connectivity index (χ3n) is 7.22. The van der Waals surface area contributed by atoms with Gasteiger partial charge in [0.05, 0.1) is 18.7 Å².